The summed E-state index contributed by atoms with van der Waals surface area (Å²) in [5, 5.41) is 11.3. The number of benzene rings is 2. The molecule has 0 bridgehead atoms. The number of aromatic nitrogens is 2. The highest BCUT2D eigenvalue weighted by atomic mass is 16.5. The number of imidazole rings is 1. The third kappa shape index (κ3) is 3.86. The lowest BCUT2D eigenvalue weighted by Gasteiger charge is -2.20. The van der Waals surface area contributed by atoms with E-state index in [1.165, 1.54) is 11.2 Å². The van der Waals surface area contributed by atoms with Crippen LogP contribution in [0.1, 0.15) is 41.8 Å². The number of Topliss-reactive ketones (excluding diaryl/α,β-unsaturated/α-hetero) is 1. The molecule has 178 valence electrons. The van der Waals surface area contributed by atoms with Gasteiger partial charge < -0.3 is 19.2 Å². The van der Waals surface area contributed by atoms with E-state index in [0.717, 1.165) is 23.1 Å². The minimum atomic E-state index is -0.993. The van der Waals surface area contributed by atoms with Gasteiger partial charge in [-0.3, -0.25) is 14.5 Å². The highest BCUT2D eigenvalue weighted by molar-refractivity contribution is 6.51. The first kappa shape index (κ1) is 22.5. The number of nitrogens with zero attached hydrogens (tertiary/aromatic N) is 2. The predicted octanol–water partition coefficient (Wildman–Crippen LogP) is 5.19. The Bertz CT molecular complexity index is 1430. The van der Waals surface area contributed by atoms with Gasteiger partial charge in [0, 0.05) is 5.56 Å². The summed E-state index contributed by atoms with van der Waals surface area (Å²) >= 11 is 0. The molecule has 0 radical (unpaired) electrons. The van der Waals surface area contributed by atoms with Gasteiger partial charge in [0.25, 0.3) is 5.78 Å². The average molecular weight is 472 g/mol. The van der Waals surface area contributed by atoms with Crippen LogP contribution in [0.5, 0.6) is 5.75 Å². The maximum atomic E-state index is 13.3. The van der Waals surface area contributed by atoms with Crippen molar-refractivity contribution in [3.8, 4) is 5.75 Å². The van der Waals surface area contributed by atoms with Crippen molar-refractivity contribution in [2.75, 3.05) is 11.5 Å². The number of carbonyl (C=O) groups is 2. The number of aliphatic hydroxyl groups excluding tert-OH is 1. The molecule has 0 saturated carbocycles. The number of nitrogens with one attached hydrogen (secondary N) is 1. The third-order valence-electron chi connectivity index (χ3n) is 6.15. The first-order valence-electron chi connectivity index (χ1n) is 11.4. The van der Waals surface area contributed by atoms with Crippen molar-refractivity contribution in [1.82, 2.24) is 9.97 Å². The van der Waals surface area contributed by atoms with Crippen LogP contribution >= 0.6 is 0 Å². The molecule has 1 atom stereocenters. The Kier molecular flexibility index (Phi) is 5.64. The summed E-state index contributed by atoms with van der Waals surface area (Å²) in [6.07, 6.45) is 2.29. The van der Waals surface area contributed by atoms with Crippen LogP contribution in [0.4, 0.5) is 5.95 Å². The molecule has 5 rings (SSSR count). The summed E-state index contributed by atoms with van der Waals surface area (Å²) < 4.78 is 11.3. The molecule has 3 heterocycles. The van der Waals surface area contributed by atoms with Crippen molar-refractivity contribution in [2.45, 2.75) is 33.2 Å². The summed E-state index contributed by atoms with van der Waals surface area (Å²) in [6, 6.07) is 13.0. The lowest BCUT2D eigenvalue weighted by atomic mass is 9.99. The molecule has 1 saturated heterocycles. The normalized spacial score (nSPS) is 17.5. The van der Waals surface area contributed by atoms with Gasteiger partial charge in [-0.15, -0.1) is 0 Å². The maximum Gasteiger partial charge on any atom is 0.302 e. The van der Waals surface area contributed by atoms with Crippen LogP contribution in [0.2, 0.25) is 0 Å². The van der Waals surface area contributed by atoms with Crippen LogP contribution in [0.3, 0.4) is 0 Å². The first-order valence-corrected chi connectivity index (χ1v) is 11.4. The number of carbonyl (C=O) groups excluding carboxylic acids is 2. The topological polar surface area (TPSA) is 109 Å². The van der Waals surface area contributed by atoms with E-state index in [2.05, 4.69) is 9.97 Å². The molecule has 1 amide bonds. The van der Waals surface area contributed by atoms with E-state index in [1.54, 1.807) is 36.4 Å². The molecule has 0 spiro atoms. The summed E-state index contributed by atoms with van der Waals surface area (Å²) in [6.45, 7) is 6.49. The van der Waals surface area contributed by atoms with Gasteiger partial charge in [0.05, 0.1) is 29.5 Å². The van der Waals surface area contributed by atoms with E-state index in [1.807, 2.05) is 32.9 Å². The van der Waals surface area contributed by atoms with E-state index in [9.17, 15) is 14.7 Å². The van der Waals surface area contributed by atoms with Gasteiger partial charge in [-0.25, -0.2) is 4.98 Å². The van der Waals surface area contributed by atoms with Crippen LogP contribution in [-0.4, -0.2) is 33.4 Å². The van der Waals surface area contributed by atoms with Crippen LogP contribution in [-0.2, 0) is 9.59 Å². The Morgan fingerprint density at radius 1 is 1.14 bits per heavy atom. The van der Waals surface area contributed by atoms with Gasteiger partial charge in [0.2, 0.25) is 5.95 Å². The number of amides is 1. The van der Waals surface area contributed by atoms with Crippen molar-refractivity contribution in [1.29, 1.82) is 0 Å². The SMILES string of the molecule is CCCOc1cccc(/C(O)=C2\C(=O)C(=O)N(c3nc4cc(C)c(C)cc4[nH]3)C2c2ccco2)c1. The Hall–Kier alpha value is -4.33. The first-order chi connectivity index (χ1) is 16.9. The molecule has 1 unspecified atom stereocenters. The number of ketones is 1. The molecule has 1 fully saturated rings. The fourth-order valence-corrected chi connectivity index (χ4v) is 4.25. The molecule has 2 aromatic heterocycles. The number of anilines is 1. The zero-order valence-electron chi connectivity index (χ0n) is 19.7. The number of aliphatic hydroxyl groups is 1. The monoisotopic (exact) mass is 471 g/mol. The number of aromatic amines is 1. The molecular weight excluding hydrogens is 446 g/mol. The van der Waals surface area contributed by atoms with Gasteiger partial charge >= 0.3 is 5.91 Å². The van der Waals surface area contributed by atoms with Crippen LogP contribution in [0.15, 0.2) is 64.8 Å². The lowest BCUT2D eigenvalue weighted by molar-refractivity contribution is -0.132. The quantitative estimate of drug-likeness (QED) is 0.228. The minimum Gasteiger partial charge on any atom is -0.507 e. The van der Waals surface area contributed by atoms with Gasteiger partial charge in [-0.1, -0.05) is 19.1 Å². The number of H-pyrrole nitrogens is 1. The third-order valence-corrected chi connectivity index (χ3v) is 6.15. The predicted molar refractivity (Wildman–Crippen MR) is 131 cm³/mol. The second-order valence-corrected chi connectivity index (χ2v) is 8.57. The van der Waals surface area contributed by atoms with Crippen LogP contribution < -0.4 is 9.64 Å². The molecule has 8 nitrogen and oxygen atoms in total. The van der Waals surface area contributed by atoms with Gasteiger partial charge in [0.1, 0.15) is 23.3 Å². The van der Waals surface area contributed by atoms with E-state index < -0.39 is 17.7 Å². The zero-order chi connectivity index (χ0) is 24.7. The summed E-state index contributed by atoms with van der Waals surface area (Å²) in [5.41, 5.74) is 3.83. The summed E-state index contributed by atoms with van der Waals surface area (Å²) in [4.78, 5) is 35.5. The number of ether oxygens (including phenoxy) is 1. The van der Waals surface area contributed by atoms with Gasteiger partial charge in [0.15, 0.2) is 0 Å². The Labute approximate surface area is 201 Å². The summed E-state index contributed by atoms with van der Waals surface area (Å²) in [7, 11) is 0. The Morgan fingerprint density at radius 2 is 1.94 bits per heavy atom. The Balaban J connectivity index is 1.65. The van der Waals surface area contributed by atoms with Crippen molar-refractivity contribution in [3.63, 3.8) is 0 Å². The molecule has 2 N–H and O–H groups in total. The summed E-state index contributed by atoms with van der Waals surface area (Å²) in [5.74, 6) is -0.848. The molecule has 8 heteroatoms. The van der Waals surface area contributed by atoms with E-state index in [0.29, 0.717) is 29.2 Å². The van der Waals surface area contributed by atoms with Gasteiger partial charge in [-0.05, 0) is 67.8 Å². The number of hydrogen-bond acceptors (Lipinski definition) is 6. The number of hydrogen-bond donors (Lipinski definition) is 2. The molecule has 2 aromatic carbocycles. The Morgan fingerprint density at radius 3 is 2.69 bits per heavy atom. The smallest absolute Gasteiger partial charge is 0.302 e. The van der Waals surface area contributed by atoms with Crippen molar-refractivity contribution in [3.05, 3.63) is 82.8 Å². The average Bonchev–Trinajstić information content (AvgIpc) is 3.57. The largest absolute Gasteiger partial charge is 0.507 e. The molecule has 0 aliphatic carbocycles. The maximum absolute atomic E-state index is 13.3. The highest BCUT2D eigenvalue weighted by Gasteiger charge is 2.49. The van der Waals surface area contributed by atoms with Crippen molar-refractivity contribution >= 4 is 34.4 Å². The fourth-order valence-electron chi connectivity index (χ4n) is 4.25. The molecule has 4 aromatic rings. The second kappa shape index (κ2) is 8.79. The lowest BCUT2D eigenvalue weighted by Crippen LogP contribution is -2.30. The van der Waals surface area contributed by atoms with Crippen LogP contribution in [0, 0.1) is 13.8 Å². The number of fused-ring (bicyclic) bond motifs is 1. The van der Waals surface area contributed by atoms with E-state index >= 15 is 0 Å². The molecular formula is C27H25N3O5. The molecule has 1 aliphatic heterocycles. The minimum absolute atomic E-state index is 0.0783. The molecule has 1 aliphatic rings. The van der Waals surface area contributed by atoms with Crippen molar-refractivity contribution in [2.24, 2.45) is 0 Å². The van der Waals surface area contributed by atoms with Crippen LogP contribution in [0.25, 0.3) is 16.8 Å². The van der Waals surface area contributed by atoms with Crippen molar-refractivity contribution < 1.29 is 23.8 Å². The number of aryl methyl sites for hydroxylation is 2. The number of rotatable bonds is 6. The fraction of sp³-hybridized carbons (Fsp3) is 0.222. The zero-order valence-corrected chi connectivity index (χ0v) is 19.7. The highest BCUT2D eigenvalue weighted by Crippen LogP contribution is 2.42. The standard InChI is InChI=1S/C27H25N3O5/c1-4-10-34-18-8-5-7-17(14-18)24(31)22-23(21-9-6-11-35-21)30(26(33)25(22)32)27-28-19-12-15(2)16(3)13-20(19)29-27/h5-9,11-14,23,31H,4,10H2,1-3H3,(H,28,29)/b24-22+. The van der Waals surface area contributed by atoms with E-state index in [4.69, 9.17) is 9.15 Å². The second-order valence-electron chi connectivity index (χ2n) is 8.57. The van der Waals surface area contributed by atoms with Gasteiger partial charge in [-0.2, -0.15) is 0 Å². The molecule has 35 heavy (non-hydrogen) atoms. The van der Waals surface area contributed by atoms with E-state index in [-0.39, 0.29) is 17.3 Å². The number of furan rings is 1.